The van der Waals surface area contributed by atoms with Crippen molar-refractivity contribution in [2.75, 3.05) is 5.32 Å². The highest BCUT2D eigenvalue weighted by molar-refractivity contribution is 5.88. The first-order valence-corrected chi connectivity index (χ1v) is 3.56. The molecule has 0 saturated carbocycles. The third kappa shape index (κ3) is 2.32. The molecule has 0 aromatic carbocycles. The van der Waals surface area contributed by atoms with Crippen LogP contribution in [0.15, 0.2) is 18.3 Å². The van der Waals surface area contributed by atoms with E-state index in [1.54, 1.807) is 12.1 Å². The Hall–Kier alpha value is -1.42. The van der Waals surface area contributed by atoms with Gasteiger partial charge in [0.25, 0.3) is 0 Å². The van der Waals surface area contributed by atoms with E-state index in [0.717, 1.165) is 0 Å². The van der Waals surface area contributed by atoms with Crippen LogP contribution in [0.25, 0.3) is 0 Å². The Morgan fingerprint density at radius 2 is 2.50 bits per heavy atom. The molecule has 12 heavy (non-hydrogen) atoms. The molecule has 0 radical (unpaired) electrons. The fraction of sp³-hybridized carbons (Fsp3) is 0.250. The highest BCUT2D eigenvalue weighted by Crippen LogP contribution is 2.07. The molecular weight excluding hydrogens is 156 g/mol. The summed E-state index contributed by atoms with van der Waals surface area (Å²) in [7, 11) is 0. The van der Waals surface area contributed by atoms with Crippen molar-refractivity contribution in [3.05, 3.63) is 24.0 Å². The molecule has 1 aromatic rings. The number of carbonyl (C=O) groups excluding carboxylic acids is 1. The Kier molecular flexibility index (Phi) is 2.76. The zero-order valence-electron chi connectivity index (χ0n) is 6.74. The van der Waals surface area contributed by atoms with Crippen molar-refractivity contribution in [3.63, 3.8) is 0 Å². The van der Waals surface area contributed by atoms with Gasteiger partial charge in [0, 0.05) is 18.8 Å². The van der Waals surface area contributed by atoms with Gasteiger partial charge in [-0.2, -0.15) is 0 Å². The Bertz CT molecular complexity index is 286. The molecule has 0 bridgehead atoms. The van der Waals surface area contributed by atoms with Crippen LogP contribution in [0.1, 0.15) is 12.6 Å². The smallest absolute Gasteiger partial charge is 0.221 e. The number of amides is 1. The normalized spacial score (nSPS) is 9.50. The van der Waals surface area contributed by atoms with Crippen LogP contribution in [0.5, 0.6) is 0 Å². The predicted molar refractivity (Wildman–Crippen MR) is 44.5 cm³/mol. The summed E-state index contributed by atoms with van der Waals surface area (Å²) in [6, 6.07) is 3.29. The van der Waals surface area contributed by atoms with Gasteiger partial charge in [-0.3, -0.25) is 9.78 Å². The van der Waals surface area contributed by atoms with E-state index in [-0.39, 0.29) is 12.5 Å². The number of aliphatic hydroxyl groups is 1. The number of carbonyl (C=O) groups is 1. The topological polar surface area (TPSA) is 62.2 Å². The lowest BCUT2D eigenvalue weighted by Gasteiger charge is -2.01. The summed E-state index contributed by atoms with van der Waals surface area (Å²) in [6.45, 7) is 1.31. The van der Waals surface area contributed by atoms with Crippen molar-refractivity contribution in [1.82, 2.24) is 4.98 Å². The number of aromatic nitrogens is 1. The van der Waals surface area contributed by atoms with Crippen LogP contribution in [0.4, 0.5) is 5.69 Å². The van der Waals surface area contributed by atoms with Crippen LogP contribution in [0.3, 0.4) is 0 Å². The van der Waals surface area contributed by atoms with Crippen LogP contribution in [-0.2, 0) is 11.4 Å². The Morgan fingerprint density at radius 3 is 3.08 bits per heavy atom. The van der Waals surface area contributed by atoms with E-state index >= 15 is 0 Å². The summed E-state index contributed by atoms with van der Waals surface area (Å²) in [5.41, 5.74) is 1.20. The molecule has 0 unspecified atom stereocenters. The van der Waals surface area contributed by atoms with Crippen molar-refractivity contribution in [2.24, 2.45) is 0 Å². The molecule has 1 amide bonds. The van der Waals surface area contributed by atoms with E-state index in [1.165, 1.54) is 13.1 Å². The summed E-state index contributed by atoms with van der Waals surface area (Å²) < 4.78 is 0. The lowest BCUT2D eigenvalue weighted by Crippen LogP contribution is -2.06. The van der Waals surface area contributed by atoms with E-state index in [9.17, 15) is 4.79 Å². The molecule has 0 aliphatic heterocycles. The van der Waals surface area contributed by atoms with Crippen LogP contribution >= 0.6 is 0 Å². The molecule has 1 heterocycles. The molecule has 0 saturated heterocycles. The highest BCUT2D eigenvalue weighted by atomic mass is 16.3. The SMILES string of the molecule is CC(=O)Nc1ccnc(CO)c1. The van der Waals surface area contributed by atoms with Gasteiger partial charge in [0.2, 0.25) is 5.91 Å². The maximum Gasteiger partial charge on any atom is 0.221 e. The molecule has 2 N–H and O–H groups in total. The minimum atomic E-state index is -0.134. The first kappa shape index (κ1) is 8.67. The Morgan fingerprint density at radius 1 is 1.75 bits per heavy atom. The van der Waals surface area contributed by atoms with E-state index in [0.29, 0.717) is 11.4 Å². The number of aliphatic hydroxyl groups excluding tert-OH is 1. The van der Waals surface area contributed by atoms with Gasteiger partial charge in [0.1, 0.15) is 0 Å². The second-order valence-corrected chi connectivity index (χ2v) is 2.38. The van der Waals surface area contributed by atoms with Gasteiger partial charge < -0.3 is 10.4 Å². The molecule has 1 aromatic heterocycles. The molecule has 0 aliphatic carbocycles. The minimum absolute atomic E-state index is 0.118. The maximum absolute atomic E-state index is 10.6. The summed E-state index contributed by atoms with van der Waals surface area (Å²) in [4.78, 5) is 14.5. The molecule has 1 rings (SSSR count). The molecule has 4 heteroatoms. The largest absolute Gasteiger partial charge is 0.390 e. The van der Waals surface area contributed by atoms with Crippen molar-refractivity contribution in [1.29, 1.82) is 0 Å². The average molecular weight is 166 g/mol. The van der Waals surface area contributed by atoms with Crippen LogP contribution in [0.2, 0.25) is 0 Å². The Labute approximate surface area is 70.3 Å². The van der Waals surface area contributed by atoms with Gasteiger partial charge in [0.15, 0.2) is 0 Å². The fourth-order valence-corrected chi connectivity index (χ4v) is 0.846. The zero-order valence-corrected chi connectivity index (χ0v) is 6.74. The van der Waals surface area contributed by atoms with Gasteiger partial charge in [0.05, 0.1) is 12.3 Å². The monoisotopic (exact) mass is 166 g/mol. The zero-order chi connectivity index (χ0) is 8.97. The molecule has 4 nitrogen and oxygen atoms in total. The minimum Gasteiger partial charge on any atom is -0.390 e. The highest BCUT2D eigenvalue weighted by Gasteiger charge is 1.96. The van der Waals surface area contributed by atoms with E-state index < -0.39 is 0 Å². The molecular formula is C8H10N2O2. The predicted octanol–water partition coefficient (Wildman–Crippen LogP) is 0.532. The molecule has 64 valence electrons. The fourth-order valence-electron chi connectivity index (χ4n) is 0.846. The van der Waals surface area contributed by atoms with E-state index in [1.807, 2.05) is 0 Å². The standard InChI is InChI=1S/C8H10N2O2/c1-6(12)10-7-2-3-9-8(4-7)5-11/h2-4,11H,5H2,1H3,(H,9,10,12). The van der Waals surface area contributed by atoms with Gasteiger partial charge in [-0.15, -0.1) is 0 Å². The van der Waals surface area contributed by atoms with Crippen LogP contribution < -0.4 is 5.32 Å². The number of rotatable bonds is 2. The third-order valence-corrected chi connectivity index (χ3v) is 1.30. The van der Waals surface area contributed by atoms with Gasteiger partial charge in [-0.05, 0) is 12.1 Å². The number of anilines is 1. The molecule has 0 atom stereocenters. The number of hydrogen-bond acceptors (Lipinski definition) is 3. The number of nitrogens with zero attached hydrogens (tertiary/aromatic N) is 1. The molecule has 0 fully saturated rings. The van der Waals surface area contributed by atoms with E-state index in [4.69, 9.17) is 5.11 Å². The van der Waals surface area contributed by atoms with Gasteiger partial charge >= 0.3 is 0 Å². The molecule has 0 spiro atoms. The van der Waals surface area contributed by atoms with Gasteiger partial charge in [-0.25, -0.2) is 0 Å². The van der Waals surface area contributed by atoms with Crippen LogP contribution in [-0.4, -0.2) is 16.0 Å². The second-order valence-electron chi connectivity index (χ2n) is 2.38. The van der Waals surface area contributed by atoms with Crippen molar-refractivity contribution >= 4 is 11.6 Å². The lowest BCUT2D eigenvalue weighted by atomic mass is 10.3. The lowest BCUT2D eigenvalue weighted by molar-refractivity contribution is -0.114. The number of hydrogen-bond donors (Lipinski definition) is 2. The first-order chi connectivity index (χ1) is 5.72. The summed E-state index contributed by atoms with van der Waals surface area (Å²) >= 11 is 0. The van der Waals surface area contributed by atoms with Crippen molar-refractivity contribution in [2.45, 2.75) is 13.5 Å². The third-order valence-electron chi connectivity index (χ3n) is 1.30. The summed E-state index contributed by atoms with van der Waals surface area (Å²) in [5.74, 6) is -0.134. The van der Waals surface area contributed by atoms with Crippen LogP contribution in [0, 0.1) is 0 Å². The second kappa shape index (κ2) is 3.82. The van der Waals surface area contributed by atoms with Gasteiger partial charge in [-0.1, -0.05) is 0 Å². The Balaban J connectivity index is 2.79. The number of nitrogens with one attached hydrogen (secondary N) is 1. The van der Waals surface area contributed by atoms with E-state index in [2.05, 4.69) is 10.3 Å². The van der Waals surface area contributed by atoms with Crippen molar-refractivity contribution in [3.8, 4) is 0 Å². The molecule has 0 aliphatic rings. The maximum atomic E-state index is 10.6. The summed E-state index contributed by atoms with van der Waals surface area (Å²) in [5, 5.41) is 11.3. The quantitative estimate of drug-likeness (QED) is 0.673. The summed E-state index contributed by atoms with van der Waals surface area (Å²) in [6.07, 6.45) is 1.54. The van der Waals surface area contributed by atoms with Crippen molar-refractivity contribution < 1.29 is 9.90 Å². The first-order valence-electron chi connectivity index (χ1n) is 3.56. The number of pyridine rings is 1. The average Bonchev–Trinajstić information content (AvgIpc) is 2.03.